The second kappa shape index (κ2) is 8.47. The summed E-state index contributed by atoms with van der Waals surface area (Å²) in [5, 5.41) is 0. The van der Waals surface area contributed by atoms with Gasteiger partial charge in [-0.25, -0.2) is 9.38 Å². The number of carbonyl (C=O) groups is 1. The van der Waals surface area contributed by atoms with Gasteiger partial charge in [-0.1, -0.05) is 33.1 Å². The SMILES string of the molecule is C1CC1.CC(C)COc1ccc(F)c(C23COCCC2C(=O)N(C)C(N)=N3)c1. The highest BCUT2D eigenvalue weighted by Gasteiger charge is 2.52. The van der Waals surface area contributed by atoms with Crippen LogP contribution in [-0.2, 0) is 15.1 Å². The highest BCUT2D eigenvalue weighted by atomic mass is 19.1. The summed E-state index contributed by atoms with van der Waals surface area (Å²) in [5.74, 6) is -0.155. The van der Waals surface area contributed by atoms with Crippen LogP contribution in [0.2, 0.25) is 0 Å². The van der Waals surface area contributed by atoms with Crippen molar-refractivity contribution in [2.75, 3.05) is 26.9 Å². The molecule has 2 atom stereocenters. The largest absolute Gasteiger partial charge is 0.493 e. The van der Waals surface area contributed by atoms with Crippen LogP contribution in [0, 0.1) is 17.7 Å². The van der Waals surface area contributed by atoms with Gasteiger partial charge in [0.1, 0.15) is 17.1 Å². The van der Waals surface area contributed by atoms with Gasteiger partial charge >= 0.3 is 0 Å². The van der Waals surface area contributed by atoms with Gasteiger partial charge in [-0.15, -0.1) is 0 Å². The van der Waals surface area contributed by atoms with Gasteiger partial charge in [-0.3, -0.25) is 9.69 Å². The van der Waals surface area contributed by atoms with Crippen molar-refractivity contribution in [3.63, 3.8) is 0 Å². The molecule has 1 saturated carbocycles. The minimum absolute atomic E-state index is 0.0691. The molecule has 2 heterocycles. The number of rotatable bonds is 4. The third-order valence-corrected chi connectivity index (χ3v) is 5.08. The van der Waals surface area contributed by atoms with Crippen molar-refractivity contribution in [2.45, 2.75) is 45.1 Å². The Morgan fingerprint density at radius 1 is 1.39 bits per heavy atom. The molecule has 1 amide bonds. The Morgan fingerprint density at radius 3 is 2.75 bits per heavy atom. The Morgan fingerprint density at radius 2 is 2.11 bits per heavy atom. The Kier molecular flexibility index (Phi) is 6.23. The van der Waals surface area contributed by atoms with Crippen LogP contribution in [0.15, 0.2) is 23.2 Å². The van der Waals surface area contributed by atoms with Crippen LogP contribution >= 0.6 is 0 Å². The Balaban J connectivity index is 0.000000684. The van der Waals surface area contributed by atoms with Crippen LogP contribution < -0.4 is 10.5 Å². The van der Waals surface area contributed by atoms with Crippen molar-refractivity contribution in [3.05, 3.63) is 29.6 Å². The van der Waals surface area contributed by atoms with Gasteiger partial charge < -0.3 is 15.2 Å². The van der Waals surface area contributed by atoms with E-state index < -0.39 is 17.3 Å². The first kappa shape index (κ1) is 20.6. The average Bonchev–Trinajstić information content (AvgIpc) is 3.55. The molecule has 7 heteroatoms. The molecule has 2 aliphatic heterocycles. The Bertz CT molecular complexity index is 748. The van der Waals surface area contributed by atoms with E-state index in [2.05, 4.69) is 4.99 Å². The summed E-state index contributed by atoms with van der Waals surface area (Å²) in [7, 11) is 1.58. The number of hydrogen-bond acceptors (Lipinski definition) is 5. The van der Waals surface area contributed by atoms with Gasteiger partial charge in [0.15, 0.2) is 5.96 Å². The lowest BCUT2D eigenvalue weighted by atomic mass is 9.74. The average molecular weight is 391 g/mol. The number of nitrogens with zero attached hydrogens (tertiary/aromatic N) is 2. The molecule has 1 aliphatic carbocycles. The number of amides is 1. The van der Waals surface area contributed by atoms with Crippen molar-refractivity contribution in [3.8, 4) is 5.75 Å². The first-order valence-corrected chi connectivity index (χ1v) is 9.98. The molecule has 6 nitrogen and oxygen atoms in total. The standard InChI is InChI=1S/C18H24FN3O3.C3H6/c1-11(2)9-25-12-4-5-15(19)14(8-12)18-10-24-7-6-13(18)16(23)22(3)17(20)21-18;1-2-3-1/h4-5,8,11,13H,6-7,9-10H2,1-3H3,(H2,20,21);1-3H2. The van der Waals surface area contributed by atoms with Crippen molar-refractivity contribution in [2.24, 2.45) is 22.6 Å². The predicted molar refractivity (Wildman–Crippen MR) is 106 cm³/mol. The summed E-state index contributed by atoms with van der Waals surface area (Å²) in [6.45, 7) is 5.14. The molecular formula is C21H30FN3O3. The molecule has 1 aromatic carbocycles. The lowest BCUT2D eigenvalue weighted by Gasteiger charge is -2.45. The maximum atomic E-state index is 14.7. The van der Waals surface area contributed by atoms with E-state index >= 15 is 0 Å². The van der Waals surface area contributed by atoms with Crippen LogP contribution in [0.3, 0.4) is 0 Å². The first-order valence-electron chi connectivity index (χ1n) is 9.98. The normalized spacial score (nSPS) is 26.2. The van der Waals surface area contributed by atoms with E-state index in [0.717, 1.165) is 0 Å². The van der Waals surface area contributed by atoms with E-state index in [9.17, 15) is 9.18 Å². The predicted octanol–water partition coefficient (Wildman–Crippen LogP) is 3.05. The van der Waals surface area contributed by atoms with E-state index in [0.29, 0.717) is 36.9 Å². The fraction of sp³-hybridized carbons (Fsp3) is 0.619. The number of aliphatic imine (C=N–C) groups is 1. The molecule has 28 heavy (non-hydrogen) atoms. The second-order valence-electron chi connectivity index (χ2n) is 8.09. The molecule has 2 fully saturated rings. The zero-order valence-electron chi connectivity index (χ0n) is 16.9. The van der Waals surface area contributed by atoms with Gasteiger partial charge in [-0.2, -0.15) is 0 Å². The topological polar surface area (TPSA) is 77.2 Å². The van der Waals surface area contributed by atoms with Crippen LogP contribution in [-0.4, -0.2) is 43.6 Å². The number of hydrogen-bond donors (Lipinski definition) is 1. The van der Waals surface area contributed by atoms with Crippen LogP contribution in [0.4, 0.5) is 4.39 Å². The van der Waals surface area contributed by atoms with Gasteiger partial charge in [0.05, 0.1) is 19.1 Å². The van der Waals surface area contributed by atoms with Crippen LogP contribution in [0.1, 0.15) is 45.1 Å². The minimum Gasteiger partial charge on any atom is -0.493 e. The highest BCUT2D eigenvalue weighted by Crippen LogP contribution is 2.44. The van der Waals surface area contributed by atoms with E-state index in [1.54, 1.807) is 19.2 Å². The molecule has 0 radical (unpaired) electrons. The summed E-state index contributed by atoms with van der Waals surface area (Å²) in [6.07, 6.45) is 4.97. The van der Waals surface area contributed by atoms with Gasteiger partial charge in [-0.05, 0) is 30.5 Å². The molecule has 1 aromatic rings. The molecule has 2 N–H and O–H groups in total. The number of halogens is 1. The summed E-state index contributed by atoms with van der Waals surface area (Å²) in [6, 6.07) is 4.55. The monoisotopic (exact) mass is 391 g/mol. The van der Waals surface area contributed by atoms with Crippen molar-refractivity contribution in [1.82, 2.24) is 4.90 Å². The van der Waals surface area contributed by atoms with Gasteiger partial charge in [0, 0.05) is 19.2 Å². The second-order valence-corrected chi connectivity index (χ2v) is 8.09. The van der Waals surface area contributed by atoms with E-state index in [-0.39, 0.29) is 18.5 Å². The molecule has 0 aromatic heterocycles. The highest BCUT2D eigenvalue weighted by molar-refractivity contribution is 6.00. The van der Waals surface area contributed by atoms with Crippen LogP contribution in [0.25, 0.3) is 0 Å². The molecule has 2 unspecified atom stereocenters. The summed E-state index contributed by atoms with van der Waals surface area (Å²) in [4.78, 5) is 18.6. The molecule has 154 valence electrons. The number of fused-ring (bicyclic) bond motifs is 1. The molecule has 0 bridgehead atoms. The molecule has 0 spiro atoms. The number of guanidine groups is 1. The Hall–Kier alpha value is -2.15. The van der Waals surface area contributed by atoms with Crippen molar-refractivity contribution >= 4 is 11.9 Å². The maximum absolute atomic E-state index is 14.7. The van der Waals surface area contributed by atoms with Gasteiger partial charge in [0.25, 0.3) is 0 Å². The zero-order chi connectivity index (χ0) is 20.3. The lowest BCUT2D eigenvalue weighted by molar-refractivity contribution is -0.140. The smallest absolute Gasteiger partial charge is 0.235 e. The summed E-state index contributed by atoms with van der Waals surface area (Å²) < 4.78 is 26.0. The van der Waals surface area contributed by atoms with Crippen molar-refractivity contribution < 1.29 is 18.7 Å². The number of carbonyl (C=O) groups excluding carboxylic acids is 1. The third kappa shape index (κ3) is 4.29. The lowest BCUT2D eigenvalue weighted by Crippen LogP contribution is -2.58. The third-order valence-electron chi connectivity index (χ3n) is 5.08. The zero-order valence-corrected chi connectivity index (χ0v) is 16.9. The fourth-order valence-electron chi connectivity index (χ4n) is 3.35. The molecular weight excluding hydrogens is 361 g/mol. The van der Waals surface area contributed by atoms with E-state index in [1.807, 2.05) is 13.8 Å². The summed E-state index contributed by atoms with van der Waals surface area (Å²) >= 11 is 0. The minimum atomic E-state index is -1.15. The molecule has 3 aliphatic rings. The molecule has 4 rings (SSSR count). The fourth-order valence-corrected chi connectivity index (χ4v) is 3.35. The molecule has 1 saturated heterocycles. The maximum Gasteiger partial charge on any atom is 0.235 e. The van der Waals surface area contributed by atoms with Crippen molar-refractivity contribution in [1.29, 1.82) is 0 Å². The summed E-state index contributed by atoms with van der Waals surface area (Å²) in [5.41, 5.74) is 5.08. The quantitative estimate of drug-likeness (QED) is 0.856. The Labute approximate surface area is 165 Å². The number of benzene rings is 1. The first-order chi connectivity index (χ1) is 13.3. The number of nitrogens with two attached hydrogens (primary N) is 1. The van der Waals surface area contributed by atoms with E-state index in [4.69, 9.17) is 15.2 Å². The number of ether oxygens (including phenoxy) is 2. The van der Waals surface area contributed by atoms with E-state index in [1.165, 1.54) is 30.2 Å². The van der Waals surface area contributed by atoms with Gasteiger partial charge in [0.2, 0.25) is 5.91 Å². The van der Waals surface area contributed by atoms with Crippen LogP contribution in [0.5, 0.6) is 5.75 Å².